The van der Waals surface area contributed by atoms with Crippen molar-refractivity contribution in [1.29, 1.82) is 0 Å². The number of hydrogen-bond donors (Lipinski definition) is 0. The van der Waals surface area contributed by atoms with Crippen LogP contribution in [0.15, 0.2) is 5.51 Å². The van der Waals surface area contributed by atoms with E-state index in [4.69, 9.17) is 4.74 Å². The number of nitrogens with zero attached hydrogens (tertiary/aromatic N) is 6. The Hall–Kier alpha value is -2.11. The normalized spacial score (nSPS) is 29.5. The lowest BCUT2D eigenvalue weighted by Gasteiger charge is -2.58. The Morgan fingerprint density at radius 3 is 2.40 bits per heavy atom. The first-order chi connectivity index (χ1) is 16.8. The molecule has 0 radical (unpaired) electrons. The Bertz CT molecular complexity index is 938. The SMILES string of the molecule is CC(C)(C)[C@@H]1C(=O)N(C2CCCCC2)CC2N(C(=O)c3nncs3)C[C@@H](N3CCOCC3)C(=O)N21. The van der Waals surface area contributed by atoms with Crippen molar-refractivity contribution in [2.75, 3.05) is 39.4 Å². The molecule has 3 saturated heterocycles. The maximum atomic E-state index is 14.1. The molecule has 3 amide bonds. The van der Waals surface area contributed by atoms with Gasteiger partial charge in [-0.2, -0.15) is 0 Å². The number of hydrogen-bond acceptors (Lipinski definition) is 8. The molecule has 192 valence electrons. The lowest BCUT2D eigenvalue weighted by atomic mass is 9.80. The Balaban J connectivity index is 1.55. The first-order valence-electron chi connectivity index (χ1n) is 12.8. The maximum Gasteiger partial charge on any atom is 0.286 e. The number of ether oxygens (including phenoxy) is 1. The molecular formula is C24H36N6O4S. The summed E-state index contributed by atoms with van der Waals surface area (Å²) in [5.41, 5.74) is 1.07. The van der Waals surface area contributed by atoms with Crippen LogP contribution in [0.5, 0.6) is 0 Å². The van der Waals surface area contributed by atoms with E-state index in [0.29, 0.717) is 37.9 Å². The molecule has 10 nitrogen and oxygen atoms in total. The van der Waals surface area contributed by atoms with Crippen molar-refractivity contribution >= 4 is 29.1 Å². The van der Waals surface area contributed by atoms with Crippen LogP contribution in [0.2, 0.25) is 0 Å². The van der Waals surface area contributed by atoms with E-state index in [9.17, 15) is 14.4 Å². The van der Waals surface area contributed by atoms with Gasteiger partial charge < -0.3 is 19.4 Å². The molecule has 4 aliphatic rings. The largest absolute Gasteiger partial charge is 0.379 e. The van der Waals surface area contributed by atoms with Crippen LogP contribution in [0, 0.1) is 5.41 Å². The highest BCUT2D eigenvalue weighted by molar-refractivity contribution is 7.11. The molecule has 1 aromatic rings. The van der Waals surface area contributed by atoms with E-state index in [1.54, 1.807) is 15.3 Å². The molecule has 1 aromatic heterocycles. The number of morpholine rings is 1. The van der Waals surface area contributed by atoms with Crippen molar-refractivity contribution in [3.05, 3.63) is 10.5 Å². The zero-order valence-electron chi connectivity index (χ0n) is 20.9. The van der Waals surface area contributed by atoms with Gasteiger partial charge >= 0.3 is 0 Å². The first kappa shape index (κ1) is 24.6. The minimum atomic E-state index is -0.635. The number of carbonyl (C=O) groups excluding carboxylic acids is 3. The molecule has 4 heterocycles. The molecule has 11 heteroatoms. The average Bonchev–Trinajstić information content (AvgIpc) is 3.39. The van der Waals surface area contributed by atoms with Crippen LogP contribution in [0.1, 0.15) is 62.7 Å². The molecule has 0 bridgehead atoms. The zero-order chi connectivity index (χ0) is 24.7. The second-order valence-electron chi connectivity index (χ2n) is 11.1. The van der Waals surface area contributed by atoms with Gasteiger partial charge in [-0.05, 0) is 18.3 Å². The van der Waals surface area contributed by atoms with Crippen LogP contribution in [-0.2, 0) is 14.3 Å². The molecule has 0 N–H and O–H groups in total. The summed E-state index contributed by atoms with van der Waals surface area (Å²) in [6, 6.07) is -0.982. The fourth-order valence-electron chi connectivity index (χ4n) is 6.16. The molecule has 3 atom stereocenters. The summed E-state index contributed by atoms with van der Waals surface area (Å²) in [4.78, 5) is 49.5. The van der Waals surface area contributed by atoms with Gasteiger partial charge in [-0.15, -0.1) is 10.2 Å². The molecule has 0 spiro atoms. The Kier molecular flexibility index (Phi) is 6.84. The summed E-state index contributed by atoms with van der Waals surface area (Å²) in [5, 5.41) is 8.22. The van der Waals surface area contributed by atoms with Gasteiger partial charge in [0.25, 0.3) is 5.91 Å². The summed E-state index contributed by atoms with van der Waals surface area (Å²) in [7, 11) is 0. The standard InChI is InChI=1S/C24H36N6O4S/c1-24(2,3)19-22(32)28(16-7-5-4-6-8-16)14-18-29(23(33)20-26-25-15-35-20)13-17(21(31)30(18)19)27-9-11-34-12-10-27/h15-19H,4-14H2,1-3H3/t17-,18?,19+/m1/s1. The fraction of sp³-hybridized carbons (Fsp3) is 0.792. The molecule has 0 aromatic carbocycles. The van der Waals surface area contributed by atoms with Gasteiger partial charge in [0.05, 0.1) is 19.8 Å². The molecule has 5 rings (SSSR count). The van der Waals surface area contributed by atoms with Gasteiger partial charge in [-0.3, -0.25) is 19.3 Å². The molecule has 3 aliphatic heterocycles. The number of amides is 3. The van der Waals surface area contributed by atoms with Crippen LogP contribution in [0.4, 0.5) is 0 Å². The summed E-state index contributed by atoms with van der Waals surface area (Å²) >= 11 is 1.21. The van der Waals surface area contributed by atoms with Crippen LogP contribution < -0.4 is 0 Å². The lowest BCUT2D eigenvalue weighted by Crippen LogP contribution is -2.78. The number of rotatable bonds is 3. The van der Waals surface area contributed by atoms with Crippen LogP contribution in [0.25, 0.3) is 0 Å². The number of aromatic nitrogens is 2. The predicted octanol–water partition coefficient (Wildman–Crippen LogP) is 1.44. The monoisotopic (exact) mass is 504 g/mol. The molecule has 1 unspecified atom stereocenters. The van der Waals surface area contributed by atoms with Crippen molar-refractivity contribution in [2.24, 2.45) is 5.41 Å². The van der Waals surface area contributed by atoms with Crippen molar-refractivity contribution in [3.63, 3.8) is 0 Å². The van der Waals surface area contributed by atoms with E-state index >= 15 is 0 Å². The van der Waals surface area contributed by atoms with Gasteiger partial charge in [0.1, 0.15) is 23.8 Å². The Morgan fingerprint density at radius 2 is 1.77 bits per heavy atom. The molecule has 35 heavy (non-hydrogen) atoms. The Labute approximate surface area is 210 Å². The maximum absolute atomic E-state index is 14.1. The van der Waals surface area contributed by atoms with Gasteiger partial charge in [-0.25, -0.2) is 0 Å². The number of piperazine rings is 1. The summed E-state index contributed by atoms with van der Waals surface area (Å²) < 4.78 is 5.51. The number of fused-ring (bicyclic) bond motifs is 1. The van der Waals surface area contributed by atoms with E-state index < -0.39 is 23.7 Å². The third-order valence-corrected chi connectivity index (χ3v) is 8.55. The molecule has 1 aliphatic carbocycles. The minimum Gasteiger partial charge on any atom is -0.379 e. The third kappa shape index (κ3) is 4.58. The van der Waals surface area contributed by atoms with Crippen molar-refractivity contribution < 1.29 is 19.1 Å². The van der Waals surface area contributed by atoms with Crippen LogP contribution in [-0.4, -0.2) is 111 Å². The highest BCUT2D eigenvalue weighted by Crippen LogP contribution is 2.38. The van der Waals surface area contributed by atoms with Crippen molar-refractivity contribution in [2.45, 2.75) is 77.2 Å². The van der Waals surface area contributed by atoms with Gasteiger partial charge in [0.2, 0.25) is 16.8 Å². The molecular weight excluding hydrogens is 468 g/mol. The highest BCUT2D eigenvalue weighted by Gasteiger charge is 2.56. The lowest BCUT2D eigenvalue weighted by molar-refractivity contribution is -0.183. The van der Waals surface area contributed by atoms with Crippen LogP contribution >= 0.6 is 11.3 Å². The third-order valence-electron chi connectivity index (χ3n) is 7.87. The summed E-state index contributed by atoms with van der Waals surface area (Å²) in [5.74, 6) is -0.270. The molecule has 4 fully saturated rings. The number of carbonyl (C=O) groups is 3. The Morgan fingerprint density at radius 1 is 1.06 bits per heavy atom. The minimum absolute atomic E-state index is 0.0138. The highest BCUT2D eigenvalue weighted by atomic mass is 32.1. The zero-order valence-corrected chi connectivity index (χ0v) is 21.7. The van der Waals surface area contributed by atoms with E-state index in [-0.39, 0.29) is 30.3 Å². The topological polar surface area (TPSA) is 99.2 Å². The molecule has 1 saturated carbocycles. The quantitative estimate of drug-likeness (QED) is 0.614. The average molecular weight is 505 g/mol. The fourth-order valence-corrected chi connectivity index (χ4v) is 6.67. The van der Waals surface area contributed by atoms with Crippen molar-refractivity contribution in [3.8, 4) is 0 Å². The van der Waals surface area contributed by atoms with E-state index in [1.165, 1.54) is 17.8 Å². The van der Waals surface area contributed by atoms with Gasteiger partial charge in [0, 0.05) is 25.7 Å². The first-order valence-corrected chi connectivity index (χ1v) is 13.7. The van der Waals surface area contributed by atoms with Gasteiger partial charge in [0.15, 0.2) is 0 Å². The summed E-state index contributed by atoms with van der Waals surface area (Å²) in [6.45, 7) is 9.02. The second kappa shape index (κ2) is 9.74. The predicted molar refractivity (Wildman–Crippen MR) is 130 cm³/mol. The summed E-state index contributed by atoms with van der Waals surface area (Å²) in [6.07, 6.45) is 4.84. The smallest absolute Gasteiger partial charge is 0.286 e. The van der Waals surface area contributed by atoms with E-state index in [2.05, 4.69) is 15.1 Å². The van der Waals surface area contributed by atoms with E-state index in [1.807, 2.05) is 25.7 Å². The van der Waals surface area contributed by atoms with Gasteiger partial charge in [-0.1, -0.05) is 51.4 Å². The van der Waals surface area contributed by atoms with Crippen molar-refractivity contribution in [1.82, 2.24) is 29.8 Å². The second-order valence-corrected chi connectivity index (χ2v) is 12.0. The van der Waals surface area contributed by atoms with Crippen LogP contribution in [0.3, 0.4) is 0 Å². The van der Waals surface area contributed by atoms with E-state index in [0.717, 1.165) is 25.7 Å².